The quantitative estimate of drug-likeness (QED) is 0.890. The van der Waals surface area contributed by atoms with E-state index in [1.54, 1.807) is 0 Å². The standard InChI is InChI=1S/C15H19F3N4O/c16-15(17,18)11-2-1-3-12(8-11)20-14(23)19-9-13-10-21-4-6-22(13)7-5-21/h1-3,8,13H,4-7,9-10H2,(H2,19,20,23). The first kappa shape index (κ1) is 16.1. The Balaban J connectivity index is 1.52. The predicted molar refractivity (Wildman–Crippen MR) is 80.3 cm³/mol. The summed E-state index contributed by atoms with van der Waals surface area (Å²) >= 11 is 0. The number of hydrogen-bond acceptors (Lipinski definition) is 3. The van der Waals surface area contributed by atoms with Crippen LogP contribution in [-0.4, -0.2) is 61.1 Å². The fraction of sp³-hybridized carbons (Fsp3) is 0.533. The Morgan fingerprint density at radius 3 is 2.57 bits per heavy atom. The highest BCUT2D eigenvalue weighted by molar-refractivity contribution is 5.89. The number of urea groups is 1. The van der Waals surface area contributed by atoms with Crippen LogP contribution in [0.5, 0.6) is 0 Å². The first-order valence-electron chi connectivity index (χ1n) is 7.60. The summed E-state index contributed by atoms with van der Waals surface area (Å²) in [5.41, 5.74) is -0.648. The number of nitrogens with zero attached hydrogens (tertiary/aromatic N) is 2. The minimum Gasteiger partial charge on any atom is -0.336 e. The van der Waals surface area contributed by atoms with Crippen molar-refractivity contribution in [1.82, 2.24) is 15.1 Å². The molecule has 23 heavy (non-hydrogen) atoms. The van der Waals surface area contributed by atoms with E-state index in [0.29, 0.717) is 6.54 Å². The Morgan fingerprint density at radius 1 is 1.22 bits per heavy atom. The molecule has 1 unspecified atom stereocenters. The van der Waals surface area contributed by atoms with Crippen molar-refractivity contribution in [2.45, 2.75) is 12.2 Å². The minimum absolute atomic E-state index is 0.131. The smallest absolute Gasteiger partial charge is 0.336 e. The summed E-state index contributed by atoms with van der Waals surface area (Å²) in [6.45, 7) is 5.54. The van der Waals surface area contributed by atoms with Crippen LogP contribution in [0.4, 0.5) is 23.7 Å². The first-order valence-corrected chi connectivity index (χ1v) is 7.60. The molecule has 2 amide bonds. The van der Waals surface area contributed by atoms with E-state index in [4.69, 9.17) is 0 Å². The lowest BCUT2D eigenvalue weighted by Gasteiger charge is -2.47. The van der Waals surface area contributed by atoms with Crippen LogP contribution in [-0.2, 0) is 6.18 Å². The molecule has 1 atom stereocenters. The molecule has 8 heteroatoms. The molecule has 3 heterocycles. The summed E-state index contributed by atoms with van der Waals surface area (Å²) in [6.07, 6.45) is -4.42. The number of piperazine rings is 3. The van der Waals surface area contributed by atoms with Crippen molar-refractivity contribution in [3.05, 3.63) is 29.8 Å². The lowest BCUT2D eigenvalue weighted by atomic mass is 10.1. The molecule has 0 saturated carbocycles. The molecule has 2 bridgehead atoms. The number of rotatable bonds is 3. The SMILES string of the molecule is O=C(NCC1CN2CCN1CC2)Nc1cccc(C(F)(F)F)c1. The van der Waals surface area contributed by atoms with Gasteiger partial charge in [-0.3, -0.25) is 9.80 Å². The van der Waals surface area contributed by atoms with E-state index in [0.717, 1.165) is 44.9 Å². The van der Waals surface area contributed by atoms with E-state index in [1.807, 2.05) is 0 Å². The van der Waals surface area contributed by atoms with E-state index >= 15 is 0 Å². The van der Waals surface area contributed by atoms with E-state index in [9.17, 15) is 18.0 Å². The van der Waals surface area contributed by atoms with Crippen molar-refractivity contribution in [2.75, 3.05) is 44.6 Å². The summed E-state index contributed by atoms with van der Waals surface area (Å²) in [5, 5.41) is 5.20. The van der Waals surface area contributed by atoms with Crippen LogP contribution in [0.1, 0.15) is 5.56 Å². The summed E-state index contributed by atoms with van der Waals surface area (Å²) in [5.74, 6) is 0. The van der Waals surface area contributed by atoms with E-state index in [1.165, 1.54) is 12.1 Å². The highest BCUT2D eigenvalue weighted by Crippen LogP contribution is 2.30. The third-order valence-corrected chi connectivity index (χ3v) is 4.34. The maximum absolute atomic E-state index is 12.6. The molecule has 0 radical (unpaired) electrons. The van der Waals surface area contributed by atoms with Gasteiger partial charge >= 0.3 is 12.2 Å². The molecule has 3 aliphatic rings. The number of anilines is 1. The van der Waals surface area contributed by atoms with Gasteiger partial charge in [-0.05, 0) is 18.2 Å². The van der Waals surface area contributed by atoms with Gasteiger partial charge in [-0.15, -0.1) is 0 Å². The molecule has 0 spiro atoms. The molecule has 126 valence electrons. The summed E-state index contributed by atoms with van der Waals surface area (Å²) in [4.78, 5) is 16.6. The highest BCUT2D eigenvalue weighted by atomic mass is 19.4. The molecule has 1 aromatic carbocycles. The van der Waals surface area contributed by atoms with Gasteiger partial charge in [0.25, 0.3) is 0 Å². The van der Waals surface area contributed by atoms with Crippen LogP contribution in [0.15, 0.2) is 24.3 Å². The van der Waals surface area contributed by atoms with Crippen molar-refractivity contribution >= 4 is 11.7 Å². The second-order valence-corrected chi connectivity index (χ2v) is 5.90. The van der Waals surface area contributed by atoms with Gasteiger partial charge in [-0.2, -0.15) is 13.2 Å². The monoisotopic (exact) mass is 328 g/mol. The van der Waals surface area contributed by atoms with Crippen molar-refractivity contribution < 1.29 is 18.0 Å². The molecule has 1 aromatic rings. The number of hydrogen-bond donors (Lipinski definition) is 2. The zero-order valence-corrected chi connectivity index (χ0v) is 12.6. The Labute approximate surface area is 132 Å². The van der Waals surface area contributed by atoms with Gasteiger partial charge in [0.2, 0.25) is 0 Å². The molecule has 3 aliphatic heterocycles. The number of halogens is 3. The minimum atomic E-state index is -4.42. The van der Waals surface area contributed by atoms with E-state index < -0.39 is 17.8 Å². The topological polar surface area (TPSA) is 47.6 Å². The molecule has 5 nitrogen and oxygen atoms in total. The third-order valence-electron chi connectivity index (χ3n) is 4.34. The normalized spacial score (nSPS) is 26.8. The van der Waals surface area contributed by atoms with Crippen LogP contribution >= 0.6 is 0 Å². The van der Waals surface area contributed by atoms with Crippen LogP contribution in [0.25, 0.3) is 0 Å². The molecule has 0 aromatic heterocycles. The fourth-order valence-corrected chi connectivity index (χ4v) is 3.08. The lowest BCUT2D eigenvalue weighted by Crippen LogP contribution is -2.63. The third kappa shape index (κ3) is 3.94. The molecule has 3 saturated heterocycles. The Hall–Kier alpha value is -1.80. The molecule has 0 aliphatic carbocycles. The Bertz CT molecular complexity index is 570. The van der Waals surface area contributed by atoms with E-state index in [2.05, 4.69) is 20.4 Å². The van der Waals surface area contributed by atoms with Gasteiger partial charge < -0.3 is 10.6 Å². The van der Waals surface area contributed by atoms with Crippen LogP contribution < -0.4 is 10.6 Å². The maximum atomic E-state index is 12.6. The largest absolute Gasteiger partial charge is 0.416 e. The molecule has 3 fully saturated rings. The Morgan fingerprint density at radius 2 is 1.96 bits per heavy atom. The predicted octanol–water partition coefficient (Wildman–Crippen LogP) is 1.83. The van der Waals surface area contributed by atoms with Gasteiger partial charge in [0.1, 0.15) is 0 Å². The molecular formula is C15H19F3N4O. The van der Waals surface area contributed by atoms with Gasteiger partial charge in [0.05, 0.1) is 5.56 Å². The zero-order chi connectivity index (χ0) is 16.4. The van der Waals surface area contributed by atoms with Gasteiger partial charge in [-0.1, -0.05) is 6.07 Å². The van der Waals surface area contributed by atoms with Crippen molar-refractivity contribution in [2.24, 2.45) is 0 Å². The summed E-state index contributed by atoms with van der Waals surface area (Å²) in [7, 11) is 0. The summed E-state index contributed by atoms with van der Waals surface area (Å²) < 4.78 is 37.9. The van der Waals surface area contributed by atoms with Crippen molar-refractivity contribution in [3.63, 3.8) is 0 Å². The number of alkyl halides is 3. The average molecular weight is 328 g/mol. The second-order valence-electron chi connectivity index (χ2n) is 5.90. The summed E-state index contributed by atoms with van der Waals surface area (Å²) in [6, 6.07) is 4.40. The maximum Gasteiger partial charge on any atom is 0.416 e. The van der Waals surface area contributed by atoms with Crippen LogP contribution in [0, 0.1) is 0 Å². The number of amides is 2. The van der Waals surface area contributed by atoms with Gasteiger partial charge in [0.15, 0.2) is 0 Å². The van der Waals surface area contributed by atoms with Crippen molar-refractivity contribution in [3.8, 4) is 0 Å². The van der Waals surface area contributed by atoms with Crippen molar-refractivity contribution in [1.29, 1.82) is 0 Å². The zero-order valence-electron chi connectivity index (χ0n) is 12.6. The number of fused-ring (bicyclic) bond motifs is 3. The number of carbonyl (C=O) groups excluding carboxylic acids is 1. The highest BCUT2D eigenvalue weighted by Gasteiger charge is 2.32. The van der Waals surface area contributed by atoms with E-state index in [-0.39, 0.29) is 11.7 Å². The molecule has 4 rings (SSSR count). The number of carbonyl (C=O) groups is 1. The fourth-order valence-electron chi connectivity index (χ4n) is 3.08. The molecule has 2 N–H and O–H groups in total. The number of benzene rings is 1. The van der Waals surface area contributed by atoms with Gasteiger partial charge in [-0.25, -0.2) is 4.79 Å². The first-order chi connectivity index (χ1) is 10.9. The number of nitrogens with one attached hydrogen (secondary N) is 2. The molecular weight excluding hydrogens is 309 g/mol. The lowest BCUT2D eigenvalue weighted by molar-refractivity contribution is -0.137. The second kappa shape index (κ2) is 6.37. The van der Waals surface area contributed by atoms with Crippen LogP contribution in [0.2, 0.25) is 0 Å². The van der Waals surface area contributed by atoms with Crippen LogP contribution in [0.3, 0.4) is 0 Å². The average Bonchev–Trinajstić information content (AvgIpc) is 2.53. The van der Waals surface area contributed by atoms with Gasteiger partial charge in [0, 0.05) is 51.0 Å². The Kier molecular flexibility index (Phi) is 4.45.